The van der Waals surface area contributed by atoms with Gasteiger partial charge in [0.25, 0.3) is 0 Å². The Bertz CT molecular complexity index is 1380. The SMILES string of the molecule is CC1=Cc2c(-c3ccccc3)cccc2C1(Cl)CC1(Cl)C(C)=Cc2c(-c3ccccc3)cccc21. The Morgan fingerprint density at radius 3 is 1.31 bits per heavy atom. The molecule has 0 N–H and O–H groups in total. The van der Waals surface area contributed by atoms with Gasteiger partial charge in [-0.1, -0.05) is 109 Å². The molecule has 35 heavy (non-hydrogen) atoms. The van der Waals surface area contributed by atoms with Crippen LogP contribution in [0.4, 0.5) is 0 Å². The monoisotopic (exact) mass is 492 g/mol. The number of fused-ring (bicyclic) bond motifs is 2. The van der Waals surface area contributed by atoms with Crippen LogP contribution in [0.1, 0.15) is 42.5 Å². The number of alkyl halides is 2. The third kappa shape index (κ3) is 3.43. The second-order valence-corrected chi connectivity index (χ2v) is 11.0. The molecule has 0 heterocycles. The molecule has 2 atom stereocenters. The fourth-order valence-electron chi connectivity index (χ4n) is 5.76. The van der Waals surface area contributed by atoms with Crippen LogP contribution >= 0.6 is 23.2 Å². The Morgan fingerprint density at radius 1 is 0.514 bits per heavy atom. The fraction of sp³-hybridized carbons (Fsp3) is 0.152. The van der Waals surface area contributed by atoms with Crippen molar-refractivity contribution >= 4 is 35.4 Å². The first-order valence-corrected chi connectivity index (χ1v) is 12.8. The molecule has 0 radical (unpaired) electrons. The van der Waals surface area contributed by atoms with Gasteiger partial charge in [-0.25, -0.2) is 0 Å². The lowest BCUT2D eigenvalue weighted by atomic mass is 9.80. The molecule has 0 amide bonds. The molecule has 4 aromatic rings. The van der Waals surface area contributed by atoms with Crippen LogP contribution in [0.5, 0.6) is 0 Å². The topological polar surface area (TPSA) is 0 Å². The van der Waals surface area contributed by atoms with Gasteiger partial charge in [0.1, 0.15) is 0 Å². The Kier molecular flexibility index (Phi) is 5.29. The van der Waals surface area contributed by atoms with Crippen molar-refractivity contribution in [1.82, 2.24) is 0 Å². The minimum atomic E-state index is -0.679. The highest BCUT2D eigenvalue weighted by molar-refractivity contribution is 6.31. The predicted molar refractivity (Wildman–Crippen MR) is 151 cm³/mol. The van der Waals surface area contributed by atoms with E-state index < -0.39 is 9.75 Å². The zero-order valence-electron chi connectivity index (χ0n) is 19.9. The fourth-order valence-corrected chi connectivity index (χ4v) is 6.67. The minimum absolute atomic E-state index is 0.588. The summed E-state index contributed by atoms with van der Waals surface area (Å²) < 4.78 is 0. The van der Waals surface area contributed by atoms with Crippen LogP contribution in [0.3, 0.4) is 0 Å². The number of hydrogen-bond donors (Lipinski definition) is 0. The van der Waals surface area contributed by atoms with Gasteiger partial charge in [-0.05, 0) is 69.5 Å². The second-order valence-electron chi connectivity index (χ2n) is 9.70. The van der Waals surface area contributed by atoms with E-state index in [-0.39, 0.29) is 0 Å². The zero-order chi connectivity index (χ0) is 24.2. The van der Waals surface area contributed by atoms with E-state index >= 15 is 0 Å². The van der Waals surface area contributed by atoms with Gasteiger partial charge in [-0.3, -0.25) is 0 Å². The van der Waals surface area contributed by atoms with Gasteiger partial charge in [0.15, 0.2) is 0 Å². The molecular weight excluding hydrogens is 467 g/mol. The number of rotatable bonds is 4. The summed E-state index contributed by atoms with van der Waals surface area (Å²) in [6.07, 6.45) is 5.09. The maximum absolute atomic E-state index is 7.59. The van der Waals surface area contributed by atoms with Gasteiger partial charge in [-0.15, -0.1) is 23.2 Å². The molecule has 4 aromatic carbocycles. The number of hydrogen-bond acceptors (Lipinski definition) is 0. The van der Waals surface area contributed by atoms with Crippen molar-refractivity contribution in [2.24, 2.45) is 0 Å². The summed E-state index contributed by atoms with van der Waals surface area (Å²) in [5, 5.41) is 0. The number of allylic oxidation sites excluding steroid dienone is 2. The lowest BCUT2D eigenvalue weighted by Gasteiger charge is -2.36. The highest BCUT2D eigenvalue weighted by atomic mass is 35.5. The quantitative estimate of drug-likeness (QED) is 0.248. The molecular formula is C33H26Cl2. The first-order valence-electron chi connectivity index (χ1n) is 12.0. The summed E-state index contributed by atoms with van der Waals surface area (Å²) in [6.45, 7) is 4.27. The van der Waals surface area contributed by atoms with E-state index in [1.807, 2.05) is 12.1 Å². The van der Waals surface area contributed by atoms with Crippen LogP contribution in [-0.2, 0) is 9.75 Å². The summed E-state index contributed by atoms with van der Waals surface area (Å²) in [4.78, 5) is -1.36. The van der Waals surface area contributed by atoms with Crippen LogP contribution < -0.4 is 0 Å². The zero-order valence-corrected chi connectivity index (χ0v) is 21.4. The standard InChI is InChI=1S/C33H26Cl2/c1-22-19-28-26(24-11-5-3-6-12-24)15-9-17-30(28)32(22,34)21-33(35)23(2)20-29-27(16-10-18-31(29)33)25-13-7-4-8-14-25/h3-20H,21H2,1-2H3. The molecule has 0 aromatic heterocycles. The molecule has 0 saturated carbocycles. The molecule has 2 aliphatic rings. The van der Waals surface area contributed by atoms with Crippen LogP contribution in [0.25, 0.3) is 34.4 Å². The average Bonchev–Trinajstić information content (AvgIpc) is 3.29. The van der Waals surface area contributed by atoms with Crippen molar-refractivity contribution < 1.29 is 0 Å². The van der Waals surface area contributed by atoms with Crippen LogP contribution in [0.2, 0.25) is 0 Å². The minimum Gasteiger partial charge on any atom is -0.109 e. The first-order chi connectivity index (χ1) is 16.9. The summed E-state index contributed by atoms with van der Waals surface area (Å²) in [6, 6.07) is 33.9. The third-order valence-corrected chi connectivity index (χ3v) is 8.97. The Hall–Kier alpha value is -3.06. The lowest BCUT2D eigenvalue weighted by molar-refractivity contribution is 0.545. The first kappa shape index (κ1) is 22.4. The summed E-state index contributed by atoms with van der Waals surface area (Å²) in [5.41, 5.74) is 11.8. The third-order valence-electron chi connectivity index (χ3n) is 7.69. The summed E-state index contributed by atoms with van der Waals surface area (Å²) >= 11 is 15.2. The molecule has 6 rings (SSSR count). The van der Waals surface area contributed by atoms with E-state index in [0.29, 0.717) is 6.42 Å². The lowest BCUT2D eigenvalue weighted by Crippen LogP contribution is -2.30. The maximum atomic E-state index is 7.59. The maximum Gasteiger partial charge on any atom is 0.0934 e. The molecule has 0 fully saturated rings. The summed E-state index contributed by atoms with van der Waals surface area (Å²) in [7, 11) is 0. The Morgan fingerprint density at radius 2 is 0.914 bits per heavy atom. The number of halogens is 2. The van der Waals surface area contributed by atoms with E-state index in [9.17, 15) is 0 Å². The molecule has 172 valence electrons. The normalized spacial score (nSPS) is 22.4. The molecule has 2 aliphatic carbocycles. The molecule has 0 bridgehead atoms. The van der Waals surface area contributed by atoms with Crippen LogP contribution in [0, 0.1) is 0 Å². The molecule has 0 nitrogen and oxygen atoms in total. The highest BCUT2D eigenvalue weighted by Crippen LogP contribution is 2.59. The van der Waals surface area contributed by atoms with E-state index in [2.05, 4.69) is 111 Å². The van der Waals surface area contributed by atoms with Gasteiger partial charge >= 0.3 is 0 Å². The highest BCUT2D eigenvalue weighted by Gasteiger charge is 2.49. The molecule has 2 heteroatoms. The molecule has 0 aliphatic heterocycles. The van der Waals surface area contributed by atoms with Crippen LogP contribution in [-0.4, -0.2) is 0 Å². The second kappa shape index (κ2) is 8.26. The van der Waals surface area contributed by atoms with Crippen molar-refractivity contribution in [2.45, 2.75) is 30.0 Å². The van der Waals surface area contributed by atoms with E-state index in [1.54, 1.807) is 0 Å². The van der Waals surface area contributed by atoms with Gasteiger partial charge in [0.2, 0.25) is 0 Å². The molecule has 2 unspecified atom stereocenters. The van der Waals surface area contributed by atoms with E-state index in [0.717, 1.165) is 22.3 Å². The average molecular weight is 493 g/mol. The van der Waals surface area contributed by atoms with Crippen LogP contribution in [0.15, 0.2) is 108 Å². The Balaban J connectivity index is 1.45. The largest absolute Gasteiger partial charge is 0.109 e. The Labute approximate surface area is 217 Å². The van der Waals surface area contributed by atoms with Gasteiger partial charge in [-0.2, -0.15) is 0 Å². The number of benzene rings is 4. The van der Waals surface area contributed by atoms with Crippen molar-refractivity contribution in [3.8, 4) is 22.3 Å². The van der Waals surface area contributed by atoms with Gasteiger partial charge in [0, 0.05) is 6.42 Å². The smallest absolute Gasteiger partial charge is 0.0934 e. The van der Waals surface area contributed by atoms with Crippen molar-refractivity contribution in [3.63, 3.8) is 0 Å². The predicted octanol–water partition coefficient (Wildman–Crippen LogP) is 9.81. The van der Waals surface area contributed by atoms with E-state index in [4.69, 9.17) is 23.2 Å². The van der Waals surface area contributed by atoms with Crippen molar-refractivity contribution in [3.05, 3.63) is 130 Å². The van der Waals surface area contributed by atoms with Crippen molar-refractivity contribution in [1.29, 1.82) is 0 Å². The van der Waals surface area contributed by atoms with E-state index in [1.165, 1.54) is 33.4 Å². The molecule has 0 saturated heterocycles. The van der Waals surface area contributed by atoms with Gasteiger partial charge in [0.05, 0.1) is 9.75 Å². The summed E-state index contributed by atoms with van der Waals surface area (Å²) in [5.74, 6) is 0. The van der Waals surface area contributed by atoms with Crippen molar-refractivity contribution in [2.75, 3.05) is 0 Å². The molecule has 0 spiro atoms. The van der Waals surface area contributed by atoms with Gasteiger partial charge < -0.3 is 0 Å².